The molecule has 0 fully saturated rings. The van der Waals surface area contributed by atoms with Gasteiger partial charge in [-0.05, 0) is 13.8 Å². The predicted molar refractivity (Wildman–Crippen MR) is 75.8 cm³/mol. The van der Waals surface area contributed by atoms with E-state index in [2.05, 4.69) is 20.4 Å². The van der Waals surface area contributed by atoms with E-state index >= 15 is 0 Å². The summed E-state index contributed by atoms with van der Waals surface area (Å²) in [5, 5.41) is 7.63. The van der Waals surface area contributed by atoms with Crippen LogP contribution in [0.1, 0.15) is 29.6 Å². The molecule has 0 bridgehead atoms. The Bertz CT molecular complexity index is 587. The van der Waals surface area contributed by atoms with E-state index in [1.54, 1.807) is 0 Å². The van der Waals surface area contributed by atoms with Crippen molar-refractivity contribution in [1.82, 2.24) is 19.7 Å². The zero-order valence-electron chi connectivity index (χ0n) is 11.9. The van der Waals surface area contributed by atoms with E-state index in [0.717, 1.165) is 34.9 Å². The van der Waals surface area contributed by atoms with Gasteiger partial charge in [0.2, 0.25) is 0 Å². The SMILES string of the molecule is CCc1nc(N)c(C)c(NCc2cn(C)nc2C)n1. The molecule has 0 saturated heterocycles. The number of nitrogens with two attached hydrogens (primary N) is 1. The number of anilines is 2. The van der Waals surface area contributed by atoms with Gasteiger partial charge >= 0.3 is 0 Å². The first kappa shape index (κ1) is 13.3. The fourth-order valence-electron chi connectivity index (χ4n) is 1.91. The fourth-order valence-corrected chi connectivity index (χ4v) is 1.91. The van der Waals surface area contributed by atoms with Crippen molar-refractivity contribution in [3.8, 4) is 0 Å². The van der Waals surface area contributed by atoms with Crippen LogP contribution in [0.25, 0.3) is 0 Å². The van der Waals surface area contributed by atoms with Gasteiger partial charge in [-0.15, -0.1) is 0 Å². The summed E-state index contributed by atoms with van der Waals surface area (Å²) < 4.78 is 1.81. The molecule has 6 heteroatoms. The number of hydrogen-bond acceptors (Lipinski definition) is 5. The minimum Gasteiger partial charge on any atom is -0.383 e. The van der Waals surface area contributed by atoms with Gasteiger partial charge < -0.3 is 11.1 Å². The molecule has 0 aliphatic carbocycles. The molecule has 2 rings (SSSR count). The number of nitrogens with one attached hydrogen (secondary N) is 1. The van der Waals surface area contributed by atoms with E-state index in [4.69, 9.17) is 5.73 Å². The lowest BCUT2D eigenvalue weighted by molar-refractivity contribution is 0.756. The van der Waals surface area contributed by atoms with Crippen LogP contribution in [0, 0.1) is 13.8 Å². The average molecular weight is 260 g/mol. The van der Waals surface area contributed by atoms with Gasteiger partial charge in [-0.1, -0.05) is 6.92 Å². The van der Waals surface area contributed by atoms with Crippen molar-refractivity contribution in [3.63, 3.8) is 0 Å². The van der Waals surface area contributed by atoms with Crippen molar-refractivity contribution >= 4 is 11.6 Å². The zero-order valence-corrected chi connectivity index (χ0v) is 11.9. The lowest BCUT2D eigenvalue weighted by Crippen LogP contribution is -2.09. The topological polar surface area (TPSA) is 81.6 Å². The second-order valence-electron chi connectivity index (χ2n) is 4.62. The van der Waals surface area contributed by atoms with Crippen LogP contribution in [0.4, 0.5) is 11.6 Å². The largest absolute Gasteiger partial charge is 0.383 e. The molecular formula is C13H20N6. The van der Waals surface area contributed by atoms with E-state index in [-0.39, 0.29) is 0 Å². The van der Waals surface area contributed by atoms with Crippen molar-refractivity contribution in [3.05, 3.63) is 28.8 Å². The molecule has 102 valence electrons. The second kappa shape index (κ2) is 5.26. The van der Waals surface area contributed by atoms with Gasteiger partial charge in [0.25, 0.3) is 0 Å². The smallest absolute Gasteiger partial charge is 0.135 e. The third-order valence-electron chi connectivity index (χ3n) is 3.11. The first-order valence-corrected chi connectivity index (χ1v) is 6.37. The molecule has 0 unspecified atom stereocenters. The second-order valence-corrected chi connectivity index (χ2v) is 4.62. The van der Waals surface area contributed by atoms with Gasteiger partial charge in [0.05, 0.1) is 5.69 Å². The van der Waals surface area contributed by atoms with Gasteiger partial charge in [0.15, 0.2) is 0 Å². The maximum Gasteiger partial charge on any atom is 0.135 e. The van der Waals surface area contributed by atoms with Gasteiger partial charge in [-0.3, -0.25) is 4.68 Å². The monoisotopic (exact) mass is 260 g/mol. The number of rotatable bonds is 4. The third kappa shape index (κ3) is 2.83. The Kier molecular flexibility index (Phi) is 3.69. The average Bonchev–Trinajstić information content (AvgIpc) is 2.69. The Hall–Kier alpha value is -2.11. The van der Waals surface area contributed by atoms with Crippen LogP contribution in [0.2, 0.25) is 0 Å². The summed E-state index contributed by atoms with van der Waals surface area (Å²) in [4.78, 5) is 8.71. The molecule has 0 aliphatic heterocycles. The maximum atomic E-state index is 5.89. The fraction of sp³-hybridized carbons (Fsp3) is 0.462. The zero-order chi connectivity index (χ0) is 14.0. The Morgan fingerprint density at radius 3 is 2.63 bits per heavy atom. The summed E-state index contributed by atoms with van der Waals surface area (Å²) >= 11 is 0. The summed E-state index contributed by atoms with van der Waals surface area (Å²) in [5.74, 6) is 2.10. The molecular weight excluding hydrogens is 240 g/mol. The molecule has 0 amide bonds. The third-order valence-corrected chi connectivity index (χ3v) is 3.11. The van der Waals surface area contributed by atoms with E-state index < -0.39 is 0 Å². The van der Waals surface area contributed by atoms with Gasteiger partial charge in [0.1, 0.15) is 17.5 Å². The minimum absolute atomic E-state index is 0.539. The lowest BCUT2D eigenvalue weighted by Gasteiger charge is -2.11. The number of hydrogen-bond donors (Lipinski definition) is 2. The van der Waals surface area contributed by atoms with Crippen molar-refractivity contribution in [1.29, 1.82) is 0 Å². The first-order valence-electron chi connectivity index (χ1n) is 6.37. The highest BCUT2D eigenvalue weighted by atomic mass is 15.3. The van der Waals surface area contributed by atoms with Crippen LogP contribution in [-0.2, 0) is 20.0 Å². The first-order chi connectivity index (χ1) is 9.01. The van der Waals surface area contributed by atoms with Crippen LogP contribution in [0.15, 0.2) is 6.20 Å². The van der Waals surface area contributed by atoms with E-state index in [1.807, 2.05) is 38.7 Å². The highest BCUT2D eigenvalue weighted by molar-refractivity contribution is 5.55. The van der Waals surface area contributed by atoms with Gasteiger partial charge in [0, 0.05) is 37.3 Å². The van der Waals surface area contributed by atoms with Crippen LogP contribution in [-0.4, -0.2) is 19.7 Å². The molecule has 0 spiro atoms. The standard InChI is InChI=1S/C13H20N6/c1-5-11-16-12(14)8(2)13(17-11)15-6-10-7-19(4)18-9(10)3/h7H,5-6H2,1-4H3,(H3,14,15,16,17). The summed E-state index contributed by atoms with van der Waals surface area (Å²) in [7, 11) is 1.92. The highest BCUT2D eigenvalue weighted by Gasteiger charge is 2.09. The Balaban J connectivity index is 2.19. The number of nitrogens with zero attached hydrogens (tertiary/aromatic N) is 4. The molecule has 19 heavy (non-hydrogen) atoms. The summed E-state index contributed by atoms with van der Waals surface area (Å²) in [5.41, 5.74) is 8.95. The molecule has 6 nitrogen and oxygen atoms in total. The van der Waals surface area contributed by atoms with Gasteiger partial charge in [-0.25, -0.2) is 9.97 Å². The molecule has 2 heterocycles. The maximum absolute atomic E-state index is 5.89. The molecule has 0 radical (unpaired) electrons. The Morgan fingerprint density at radius 1 is 1.32 bits per heavy atom. The molecule has 2 aromatic heterocycles. The van der Waals surface area contributed by atoms with E-state index in [1.165, 1.54) is 0 Å². The number of aromatic nitrogens is 4. The summed E-state index contributed by atoms with van der Waals surface area (Å²) in [6.45, 7) is 6.61. The lowest BCUT2D eigenvalue weighted by atomic mass is 10.2. The number of nitrogen functional groups attached to an aromatic ring is 1. The van der Waals surface area contributed by atoms with Crippen LogP contribution in [0.5, 0.6) is 0 Å². The summed E-state index contributed by atoms with van der Waals surface area (Å²) in [6, 6.07) is 0. The van der Waals surface area contributed by atoms with Crippen molar-refractivity contribution < 1.29 is 0 Å². The molecule has 3 N–H and O–H groups in total. The molecule has 0 atom stereocenters. The van der Waals surface area contributed by atoms with Crippen molar-refractivity contribution in [2.24, 2.45) is 7.05 Å². The normalized spacial score (nSPS) is 10.7. The quantitative estimate of drug-likeness (QED) is 0.872. The molecule has 0 aromatic carbocycles. The summed E-state index contributed by atoms with van der Waals surface area (Å²) in [6.07, 6.45) is 2.77. The van der Waals surface area contributed by atoms with Crippen molar-refractivity contribution in [2.75, 3.05) is 11.1 Å². The van der Waals surface area contributed by atoms with E-state index in [0.29, 0.717) is 12.4 Å². The molecule has 0 saturated carbocycles. The Morgan fingerprint density at radius 2 is 2.05 bits per heavy atom. The minimum atomic E-state index is 0.539. The molecule has 0 aliphatic rings. The van der Waals surface area contributed by atoms with Crippen molar-refractivity contribution in [2.45, 2.75) is 33.7 Å². The van der Waals surface area contributed by atoms with Crippen LogP contribution < -0.4 is 11.1 Å². The number of aryl methyl sites for hydroxylation is 3. The van der Waals surface area contributed by atoms with E-state index in [9.17, 15) is 0 Å². The molecule has 2 aromatic rings. The predicted octanol–water partition coefficient (Wildman–Crippen LogP) is 1.58. The Labute approximate surface area is 113 Å². The van der Waals surface area contributed by atoms with Crippen LogP contribution in [0.3, 0.4) is 0 Å². The highest BCUT2D eigenvalue weighted by Crippen LogP contribution is 2.18. The van der Waals surface area contributed by atoms with Gasteiger partial charge in [-0.2, -0.15) is 5.10 Å². The van der Waals surface area contributed by atoms with Crippen LogP contribution >= 0.6 is 0 Å².